The zero-order chi connectivity index (χ0) is 13.5. The van der Waals surface area contributed by atoms with Crippen molar-refractivity contribution in [3.05, 3.63) is 24.0 Å². The number of anilines is 1. The number of thiazole rings is 1. The molecular weight excluding hydrogens is 263 g/mol. The lowest BCUT2D eigenvalue weighted by molar-refractivity contribution is 0.131. The van der Waals surface area contributed by atoms with E-state index in [0.29, 0.717) is 0 Å². The molecule has 2 rings (SSSR count). The van der Waals surface area contributed by atoms with Crippen LogP contribution in [0, 0.1) is 5.82 Å². The smallest absolute Gasteiger partial charge is 0.183 e. The molecule has 104 valence electrons. The van der Waals surface area contributed by atoms with E-state index in [0.717, 1.165) is 47.9 Å². The zero-order valence-electron chi connectivity index (χ0n) is 11.1. The molecule has 0 fully saturated rings. The van der Waals surface area contributed by atoms with Gasteiger partial charge in [0.15, 0.2) is 5.13 Å². The molecule has 2 aromatic rings. The fourth-order valence-electron chi connectivity index (χ4n) is 1.69. The van der Waals surface area contributed by atoms with E-state index in [9.17, 15) is 4.39 Å². The number of fused-ring (bicyclic) bond motifs is 1. The van der Waals surface area contributed by atoms with Gasteiger partial charge in [-0.2, -0.15) is 0 Å². The minimum Gasteiger partial charge on any atom is -0.381 e. The Morgan fingerprint density at radius 3 is 3.00 bits per heavy atom. The number of unbranched alkanes of at least 4 members (excludes halogenated alkanes) is 1. The Balaban J connectivity index is 1.72. The standard InChI is InChI=1S/C14H19FN2OS/c1-2-3-8-18-9-4-7-16-14-17-12-6-5-11(15)10-13(12)19-14/h5-6,10H,2-4,7-9H2,1H3,(H,16,17). The van der Waals surface area contributed by atoms with Gasteiger partial charge < -0.3 is 10.1 Å². The molecule has 0 radical (unpaired) electrons. The minimum atomic E-state index is -0.216. The van der Waals surface area contributed by atoms with E-state index in [-0.39, 0.29) is 5.82 Å². The number of aromatic nitrogens is 1. The summed E-state index contributed by atoms with van der Waals surface area (Å²) in [4.78, 5) is 4.40. The van der Waals surface area contributed by atoms with Gasteiger partial charge in [0.25, 0.3) is 0 Å². The molecule has 0 amide bonds. The third-order valence-electron chi connectivity index (χ3n) is 2.73. The van der Waals surface area contributed by atoms with Crippen molar-refractivity contribution in [1.29, 1.82) is 0 Å². The number of benzene rings is 1. The number of hydrogen-bond donors (Lipinski definition) is 1. The third-order valence-corrected chi connectivity index (χ3v) is 3.71. The lowest BCUT2D eigenvalue weighted by Gasteiger charge is -2.03. The Hall–Kier alpha value is -1.20. The van der Waals surface area contributed by atoms with Gasteiger partial charge in [-0.15, -0.1) is 0 Å². The lowest BCUT2D eigenvalue weighted by atomic mass is 10.3. The molecule has 0 saturated heterocycles. The van der Waals surface area contributed by atoms with Crippen molar-refractivity contribution >= 4 is 26.7 Å². The zero-order valence-corrected chi connectivity index (χ0v) is 11.9. The first-order valence-corrected chi connectivity index (χ1v) is 7.49. The number of rotatable bonds is 8. The van der Waals surface area contributed by atoms with Crippen LogP contribution < -0.4 is 5.32 Å². The molecule has 1 heterocycles. The van der Waals surface area contributed by atoms with Crippen LogP contribution in [0.25, 0.3) is 10.2 Å². The Labute approximate surface area is 116 Å². The summed E-state index contributed by atoms with van der Waals surface area (Å²) in [6.07, 6.45) is 3.24. The average molecular weight is 282 g/mol. The fourth-order valence-corrected chi connectivity index (χ4v) is 2.61. The lowest BCUT2D eigenvalue weighted by Crippen LogP contribution is -2.05. The average Bonchev–Trinajstić information content (AvgIpc) is 2.79. The van der Waals surface area contributed by atoms with Gasteiger partial charge in [0.1, 0.15) is 5.82 Å². The number of nitrogens with zero attached hydrogens (tertiary/aromatic N) is 1. The van der Waals surface area contributed by atoms with Gasteiger partial charge in [0.05, 0.1) is 10.2 Å². The molecule has 0 atom stereocenters. The molecule has 0 spiro atoms. The summed E-state index contributed by atoms with van der Waals surface area (Å²) in [5.41, 5.74) is 0.841. The molecule has 1 aromatic carbocycles. The summed E-state index contributed by atoms with van der Waals surface area (Å²) in [5.74, 6) is -0.216. The molecule has 0 aliphatic rings. The summed E-state index contributed by atoms with van der Waals surface area (Å²) in [5, 5.41) is 4.09. The first-order valence-electron chi connectivity index (χ1n) is 6.67. The van der Waals surface area contributed by atoms with Crippen LogP contribution >= 0.6 is 11.3 Å². The van der Waals surface area contributed by atoms with Gasteiger partial charge in [0, 0.05) is 19.8 Å². The Morgan fingerprint density at radius 1 is 1.32 bits per heavy atom. The maximum absolute atomic E-state index is 13.0. The van der Waals surface area contributed by atoms with Crippen molar-refractivity contribution in [3.63, 3.8) is 0 Å². The summed E-state index contributed by atoms with van der Waals surface area (Å²) in [6.45, 7) is 4.60. The highest BCUT2D eigenvalue weighted by Crippen LogP contribution is 2.26. The van der Waals surface area contributed by atoms with Gasteiger partial charge >= 0.3 is 0 Å². The van der Waals surface area contributed by atoms with Crippen molar-refractivity contribution in [1.82, 2.24) is 4.98 Å². The molecule has 5 heteroatoms. The van der Waals surface area contributed by atoms with Gasteiger partial charge in [-0.25, -0.2) is 9.37 Å². The second kappa shape index (κ2) is 7.40. The molecule has 0 unspecified atom stereocenters. The van der Waals surface area contributed by atoms with Crippen LogP contribution in [0.4, 0.5) is 9.52 Å². The molecule has 0 aliphatic heterocycles. The Kier molecular flexibility index (Phi) is 5.54. The second-order valence-corrected chi connectivity index (χ2v) is 5.41. The number of ether oxygens (including phenoxy) is 1. The van der Waals surface area contributed by atoms with Crippen molar-refractivity contribution in [2.24, 2.45) is 0 Å². The molecule has 0 aliphatic carbocycles. The predicted molar refractivity (Wildman–Crippen MR) is 78.4 cm³/mol. The number of hydrogen-bond acceptors (Lipinski definition) is 4. The maximum Gasteiger partial charge on any atom is 0.183 e. The van der Waals surface area contributed by atoms with Crippen molar-refractivity contribution in [2.45, 2.75) is 26.2 Å². The van der Waals surface area contributed by atoms with Crippen LogP contribution in [0.15, 0.2) is 18.2 Å². The fraction of sp³-hybridized carbons (Fsp3) is 0.500. The monoisotopic (exact) mass is 282 g/mol. The quantitative estimate of drug-likeness (QED) is 0.742. The SMILES string of the molecule is CCCCOCCCNc1nc2ccc(F)cc2s1. The normalized spacial score (nSPS) is 11.1. The van der Waals surface area contributed by atoms with Crippen molar-refractivity contribution < 1.29 is 9.13 Å². The number of nitrogens with one attached hydrogen (secondary N) is 1. The topological polar surface area (TPSA) is 34.1 Å². The largest absolute Gasteiger partial charge is 0.381 e. The first-order chi connectivity index (χ1) is 9.29. The van der Waals surface area contributed by atoms with Gasteiger partial charge in [-0.3, -0.25) is 0 Å². The van der Waals surface area contributed by atoms with Crippen LogP contribution in [0.1, 0.15) is 26.2 Å². The van der Waals surface area contributed by atoms with E-state index in [2.05, 4.69) is 17.2 Å². The summed E-state index contributed by atoms with van der Waals surface area (Å²) >= 11 is 1.48. The van der Waals surface area contributed by atoms with Gasteiger partial charge in [0.2, 0.25) is 0 Å². The van der Waals surface area contributed by atoms with E-state index < -0.39 is 0 Å². The van der Waals surface area contributed by atoms with Crippen LogP contribution in [0.2, 0.25) is 0 Å². The van der Waals surface area contributed by atoms with E-state index in [1.165, 1.54) is 29.9 Å². The molecule has 3 nitrogen and oxygen atoms in total. The molecule has 1 aromatic heterocycles. The summed E-state index contributed by atoms with van der Waals surface area (Å²) in [6, 6.07) is 4.67. The molecular formula is C14H19FN2OS. The highest BCUT2D eigenvalue weighted by molar-refractivity contribution is 7.22. The van der Waals surface area contributed by atoms with Crippen LogP contribution in [-0.4, -0.2) is 24.7 Å². The van der Waals surface area contributed by atoms with Crippen LogP contribution in [0.3, 0.4) is 0 Å². The first kappa shape index (κ1) is 14.2. The van der Waals surface area contributed by atoms with Crippen LogP contribution in [-0.2, 0) is 4.74 Å². The highest BCUT2D eigenvalue weighted by Gasteiger charge is 2.03. The summed E-state index contributed by atoms with van der Waals surface area (Å²) < 4.78 is 19.4. The van der Waals surface area contributed by atoms with Gasteiger partial charge in [-0.05, 0) is 31.0 Å². The predicted octanol–water partition coefficient (Wildman–Crippen LogP) is 4.05. The van der Waals surface area contributed by atoms with Crippen LogP contribution in [0.5, 0.6) is 0 Å². The molecule has 0 bridgehead atoms. The molecule has 19 heavy (non-hydrogen) atoms. The Morgan fingerprint density at radius 2 is 2.16 bits per heavy atom. The van der Waals surface area contributed by atoms with Crippen molar-refractivity contribution in [2.75, 3.05) is 25.1 Å². The van der Waals surface area contributed by atoms with E-state index >= 15 is 0 Å². The second-order valence-electron chi connectivity index (χ2n) is 4.38. The van der Waals surface area contributed by atoms with E-state index in [4.69, 9.17) is 4.74 Å². The van der Waals surface area contributed by atoms with E-state index in [1.54, 1.807) is 6.07 Å². The minimum absolute atomic E-state index is 0.216. The van der Waals surface area contributed by atoms with E-state index in [1.807, 2.05) is 0 Å². The maximum atomic E-state index is 13.0. The third kappa shape index (κ3) is 4.44. The molecule has 0 saturated carbocycles. The summed E-state index contributed by atoms with van der Waals surface area (Å²) in [7, 11) is 0. The molecule has 1 N–H and O–H groups in total. The Bertz CT molecular complexity index is 515. The highest BCUT2D eigenvalue weighted by atomic mass is 32.1. The number of halogens is 1. The van der Waals surface area contributed by atoms with Crippen molar-refractivity contribution in [3.8, 4) is 0 Å². The van der Waals surface area contributed by atoms with Gasteiger partial charge in [-0.1, -0.05) is 24.7 Å².